The number of amides is 1. The van der Waals surface area contributed by atoms with Crippen molar-refractivity contribution in [3.8, 4) is 11.1 Å². The van der Waals surface area contributed by atoms with Gasteiger partial charge in [-0.05, 0) is 17.7 Å². The maximum absolute atomic E-state index is 11.3. The Bertz CT molecular complexity index is 511. The van der Waals surface area contributed by atoms with Crippen LogP contribution in [0.1, 0.15) is 13.3 Å². The summed E-state index contributed by atoms with van der Waals surface area (Å²) in [7, 11) is 0. The van der Waals surface area contributed by atoms with Crippen molar-refractivity contribution in [1.82, 2.24) is 9.97 Å². The van der Waals surface area contributed by atoms with Crippen molar-refractivity contribution in [3.63, 3.8) is 0 Å². The van der Waals surface area contributed by atoms with Crippen LogP contribution < -0.4 is 5.32 Å². The molecule has 86 valence electrons. The number of nitrogens with one attached hydrogen (secondary N) is 1. The number of anilines is 1. The Morgan fingerprint density at radius 2 is 2.00 bits per heavy atom. The van der Waals surface area contributed by atoms with E-state index >= 15 is 0 Å². The van der Waals surface area contributed by atoms with Crippen molar-refractivity contribution in [3.05, 3.63) is 43.0 Å². The molecule has 1 heterocycles. The molecule has 2 aromatic rings. The number of nitrogens with zero attached hydrogens (tertiary/aromatic N) is 2. The summed E-state index contributed by atoms with van der Waals surface area (Å²) in [4.78, 5) is 19.2. The van der Waals surface area contributed by atoms with E-state index in [1.807, 2.05) is 31.2 Å². The Kier molecular flexibility index (Phi) is 3.45. The normalized spacial score (nSPS) is 9.94. The fraction of sp³-hybridized carbons (Fsp3) is 0.154. The van der Waals surface area contributed by atoms with Gasteiger partial charge < -0.3 is 5.32 Å². The van der Waals surface area contributed by atoms with Crippen LogP contribution in [0.25, 0.3) is 11.1 Å². The highest BCUT2D eigenvalue weighted by Gasteiger charge is 2.02. The summed E-state index contributed by atoms with van der Waals surface area (Å²) in [6.07, 6.45) is 5.45. The highest BCUT2D eigenvalue weighted by molar-refractivity contribution is 5.91. The molecule has 0 saturated heterocycles. The Hall–Kier alpha value is -2.23. The molecule has 1 N–H and O–H groups in total. The molecule has 1 amide bonds. The van der Waals surface area contributed by atoms with E-state index in [1.54, 1.807) is 12.4 Å². The van der Waals surface area contributed by atoms with E-state index in [0.717, 1.165) is 16.8 Å². The third-order valence-electron chi connectivity index (χ3n) is 2.36. The summed E-state index contributed by atoms with van der Waals surface area (Å²) in [6.45, 7) is 1.82. The Balaban J connectivity index is 2.26. The van der Waals surface area contributed by atoms with Crippen LogP contribution in [0.2, 0.25) is 0 Å². The third-order valence-corrected chi connectivity index (χ3v) is 2.36. The molecule has 0 aliphatic rings. The Labute approximate surface area is 99.7 Å². The molecule has 0 aliphatic heterocycles. The Morgan fingerprint density at radius 1 is 1.24 bits per heavy atom. The number of hydrogen-bond acceptors (Lipinski definition) is 3. The van der Waals surface area contributed by atoms with Gasteiger partial charge in [0.25, 0.3) is 0 Å². The van der Waals surface area contributed by atoms with Crippen molar-refractivity contribution < 1.29 is 4.79 Å². The van der Waals surface area contributed by atoms with Crippen molar-refractivity contribution in [1.29, 1.82) is 0 Å². The van der Waals surface area contributed by atoms with Gasteiger partial charge in [-0.1, -0.05) is 19.1 Å². The van der Waals surface area contributed by atoms with Gasteiger partial charge in [-0.2, -0.15) is 0 Å². The van der Waals surface area contributed by atoms with Gasteiger partial charge in [-0.15, -0.1) is 0 Å². The first-order valence-electron chi connectivity index (χ1n) is 5.45. The van der Waals surface area contributed by atoms with Gasteiger partial charge in [0, 0.05) is 30.1 Å². The molecule has 0 aliphatic carbocycles. The number of benzene rings is 1. The van der Waals surface area contributed by atoms with Crippen molar-refractivity contribution >= 4 is 11.6 Å². The topological polar surface area (TPSA) is 54.9 Å². The molecule has 0 saturated carbocycles. The minimum absolute atomic E-state index is 0.00598. The molecule has 17 heavy (non-hydrogen) atoms. The first kappa shape index (κ1) is 11.3. The van der Waals surface area contributed by atoms with E-state index in [1.165, 1.54) is 6.33 Å². The minimum atomic E-state index is 0.00598. The lowest BCUT2D eigenvalue weighted by Gasteiger charge is -2.06. The second-order valence-electron chi connectivity index (χ2n) is 3.61. The molecule has 0 atom stereocenters. The quantitative estimate of drug-likeness (QED) is 0.876. The molecular weight excluding hydrogens is 214 g/mol. The van der Waals surface area contributed by atoms with Crippen LogP contribution in [-0.4, -0.2) is 15.9 Å². The van der Waals surface area contributed by atoms with E-state index in [2.05, 4.69) is 15.3 Å². The summed E-state index contributed by atoms with van der Waals surface area (Å²) < 4.78 is 0. The first-order chi connectivity index (χ1) is 8.29. The molecule has 2 rings (SSSR count). The van der Waals surface area contributed by atoms with E-state index in [-0.39, 0.29) is 5.91 Å². The van der Waals surface area contributed by atoms with Crippen LogP contribution in [-0.2, 0) is 4.79 Å². The van der Waals surface area contributed by atoms with Crippen molar-refractivity contribution in [2.24, 2.45) is 0 Å². The lowest BCUT2D eigenvalue weighted by molar-refractivity contribution is -0.115. The first-order valence-corrected chi connectivity index (χ1v) is 5.45. The summed E-state index contributed by atoms with van der Waals surface area (Å²) in [5.74, 6) is 0.00598. The second-order valence-corrected chi connectivity index (χ2v) is 3.61. The number of rotatable bonds is 3. The third kappa shape index (κ3) is 2.87. The molecule has 4 heteroatoms. The molecule has 1 aromatic heterocycles. The molecule has 0 bridgehead atoms. The lowest BCUT2D eigenvalue weighted by atomic mass is 10.1. The maximum atomic E-state index is 11.3. The Morgan fingerprint density at radius 3 is 2.71 bits per heavy atom. The lowest BCUT2D eigenvalue weighted by Crippen LogP contribution is -2.09. The average molecular weight is 227 g/mol. The second kappa shape index (κ2) is 5.21. The zero-order chi connectivity index (χ0) is 12.1. The average Bonchev–Trinajstić information content (AvgIpc) is 2.40. The van der Waals surface area contributed by atoms with Crippen LogP contribution in [0.15, 0.2) is 43.0 Å². The number of carbonyl (C=O) groups is 1. The van der Waals surface area contributed by atoms with Gasteiger partial charge in [0.15, 0.2) is 0 Å². The van der Waals surface area contributed by atoms with Gasteiger partial charge in [-0.3, -0.25) is 4.79 Å². The molecule has 4 nitrogen and oxygen atoms in total. The van der Waals surface area contributed by atoms with Crippen LogP contribution in [0.3, 0.4) is 0 Å². The number of aromatic nitrogens is 2. The standard InChI is InChI=1S/C13H13N3O/c1-2-13(17)16-12-5-3-4-10(6-12)11-7-14-9-15-8-11/h3-9H,2H2,1H3,(H,16,17). The van der Waals surface area contributed by atoms with Crippen molar-refractivity contribution in [2.45, 2.75) is 13.3 Å². The SMILES string of the molecule is CCC(=O)Nc1cccc(-c2cncnc2)c1. The van der Waals surface area contributed by atoms with E-state index in [9.17, 15) is 4.79 Å². The molecule has 0 spiro atoms. The van der Waals surface area contributed by atoms with Gasteiger partial charge >= 0.3 is 0 Å². The highest BCUT2D eigenvalue weighted by Crippen LogP contribution is 2.20. The van der Waals surface area contributed by atoms with Gasteiger partial charge in [0.1, 0.15) is 6.33 Å². The predicted molar refractivity (Wildman–Crippen MR) is 66.4 cm³/mol. The van der Waals surface area contributed by atoms with Crippen LogP contribution >= 0.6 is 0 Å². The fourth-order valence-electron chi connectivity index (χ4n) is 1.47. The number of hydrogen-bond donors (Lipinski definition) is 1. The minimum Gasteiger partial charge on any atom is -0.326 e. The summed E-state index contributed by atoms with van der Waals surface area (Å²) >= 11 is 0. The van der Waals surface area contributed by atoms with E-state index < -0.39 is 0 Å². The smallest absolute Gasteiger partial charge is 0.224 e. The fourth-order valence-corrected chi connectivity index (χ4v) is 1.47. The molecule has 0 radical (unpaired) electrons. The van der Waals surface area contributed by atoms with E-state index in [0.29, 0.717) is 6.42 Å². The molecule has 0 unspecified atom stereocenters. The summed E-state index contributed by atoms with van der Waals surface area (Å²) in [6, 6.07) is 7.63. The van der Waals surface area contributed by atoms with E-state index in [4.69, 9.17) is 0 Å². The zero-order valence-electron chi connectivity index (χ0n) is 9.55. The predicted octanol–water partition coefficient (Wildman–Crippen LogP) is 2.49. The largest absolute Gasteiger partial charge is 0.326 e. The van der Waals surface area contributed by atoms with Gasteiger partial charge in [-0.25, -0.2) is 9.97 Å². The van der Waals surface area contributed by atoms with Crippen molar-refractivity contribution in [2.75, 3.05) is 5.32 Å². The zero-order valence-corrected chi connectivity index (χ0v) is 9.55. The van der Waals surface area contributed by atoms with Gasteiger partial charge in [0.05, 0.1) is 0 Å². The van der Waals surface area contributed by atoms with Crippen LogP contribution in [0.5, 0.6) is 0 Å². The summed E-state index contributed by atoms with van der Waals surface area (Å²) in [5, 5.41) is 2.82. The highest BCUT2D eigenvalue weighted by atomic mass is 16.1. The molecule has 1 aromatic carbocycles. The van der Waals surface area contributed by atoms with Gasteiger partial charge in [0.2, 0.25) is 5.91 Å². The molecular formula is C13H13N3O. The molecule has 0 fully saturated rings. The summed E-state index contributed by atoms with van der Waals surface area (Å²) in [5.41, 5.74) is 2.71. The monoisotopic (exact) mass is 227 g/mol. The van der Waals surface area contributed by atoms with Crippen LogP contribution in [0.4, 0.5) is 5.69 Å². The maximum Gasteiger partial charge on any atom is 0.224 e. The van der Waals surface area contributed by atoms with Crippen LogP contribution in [0, 0.1) is 0 Å². The number of carbonyl (C=O) groups excluding carboxylic acids is 1.